The maximum absolute atomic E-state index is 12.4. The molecule has 2 N–H and O–H groups in total. The molecular formula is C18H16O7. The molecule has 1 aliphatic rings. The molecule has 2 aromatic rings. The Labute approximate surface area is 143 Å². The summed E-state index contributed by atoms with van der Waals surface area (Å²) in [6.07, 6.45) is -0.210. The van der Waals surface area contributed by atoms with Crippen LogP contribution >= 0.6 is 0 Å². The van der Waals surface area contributed by atoms with Gasteiger partial charge in [-0.3, -0.25) is 9.59 Å². The van der Waals surface area contributed by atoms with Crippen molar-refractivity contribution in [3.63, 3.8) is 0 Å². The summed E-state index contributed by atoms with van der Waals surface area (Å²) < 4.78 is 16.1. The summed E-state index contributed by atoms with van der Waals surface area (Å²) in [6.45, 7) is 0. The summed E-state index contributed by atoms with van der Waals surface area (Å²) in [4.78, 5) is 23.9. The van der Waals surface area contributed by atoms with Gasteiger partial charge in [-0.25, -0.2) is 0 Å². The van der Waals surface area contributed by atoms with Gasteiger partial charge in [0.2, 0.25) is 0 Å². The molecule has 0 bridgehead atoms. The van der Waals surface area contributed by atoms with Crippen LogP contribution in [0.5, 0.6) is 23.0 Å². The predicted molar refractivity (Wildman–Crippen MR) is 86.3 cm³/mol. The topological polar surface area (TPSA) is 102 Å². The van der Waals surface area contributed by atoms with E-state index >= 15 is 0 Å². The monoisotopic (exact) mass is 344 g/mol. The number of benzene rings is 2. The van der Waals surface area contributed by atoms with Crippen LogP contribution in [0.3, 0.4) is 0 Å². The molecule has 0 aromatic heterocycles. The fraction of sp³-hybridized carbons (Fsp3) is 0.222. The molecule has 0 amide bonds. The number of carbonyl (C=O) groups excluding carboxylic acids is 2. The van der Waals surface area contributed by atoms with Gasteiger partial charge < -0.3 is 24.4 Å². The smallest absolute Gasteiger partial charge is 0.317 e. The number of phenolic OH excluding ortho intramolecular Hbond substituents is 2. The van der Waals surface area contributed by atoms with Crippen LogP contribution in [-0.4, -0.2) is 36.7 Å². The molecule has 7 nitrogen and oxygen atoms in total. The summed E-state index contributed by atoms with van der Waals surface area (Å²) in [5.74, 6) is -1.49. The Bertz CT molecular complexity index is 844. The van der Waals surface area contributed by atoms with Gasteiger partial charge in [-0.15, -0.1) is 0 Å². The number of aldehydes is 1. The standard InChI is InChI=1S/C18H16O7/c1-23-13-6-4-10(8-19)14-15(18(22)24-2)16(25-17(13)14)9-3-5-11(20)12(21)7-9/h3-8,15-16,20-21H,1-2H3/t15-,16+/m1/s1. The molecule has 0 spiro atoms. The second kappa shape index (κ2) is 6.35. The minimum Gasteiger partial charge on any atom is -0.504 e. The van der Waals surface area contributed by atoms with Crippen LogP contribution in [0, 0.1) is 0 Å². The Morgan fingerprint density at radius 1 is 1.16 bits per heavy atom. The zero-order valence-corrected chi connectivity index (χ0v) is 13.6. The van der Waals surface area contributed by atoms with Crippen molar-refractivity contribution in [2.24, 2.45) is 0 Å². The van der Waals surface area contributed by atoms with Crippen molar-refractivity contribution in [3.8, 4) is 23.0 Å². The Hall–Kier alpha value is -3.22. The van der Waals surface area contributed by atoms with Gasteiger partial charge in [0, 0.05) is 11.1 Å². The van der Waals surface area contributed by atoms with Gasteiger partial charge in [0.1, 0.15) is 18.3 Å². The second-order valence-electron chi connectivity index (χ2n) is 5.51. The fourth-order valence-corrected chi connectivity index (χ4v) is 2.99. The van der Waals surface area contributed by atoms with Gasteiger partial charge in [0.25, 0.3) is 0 Å². The molecule has 25 heavy (non-hydrogen) atoms. The number of ether oxygens (including phenoxy) is 3. The van der Waals surface area contributed by atoms with Gasteiger partial charge >= 0.3 is 5.97 Å². The molecule has 0 unspecified atom stereocenters. The zero-order chi connectivity index (χ0) is 18.1. The number of esters is 1. The van der Waals surface area contributed by atoms with Crippen LogP contribution in [0.25, 0.3) is 0 Å². The van der Waals surface area contributed by atoms with Gasteiger partial charge in [0.15, 0.2) is 23.0 Å². The molecule has 2 aromatic carbocycles. The first kappa shape index (κ1) is 16.6. The van der Waals surface area contributed by atoms with Crippen LogP contribution in [-0.2, 0) is 9.53 Å². The van der Waals surface area contributed by atoms with Gasteiger partial charge in [-0.2, -0.15) is 0 Å². The lowest BCUT2D eigenvalue weighted by Gasteiger charge is -2.18. The highest BCUT2D eigenvalue weighted by Gasteiger charge is 2.44. The van der Waals surface area contributed by atoms with Crippen LogP contribution in [0.2, 0.25) is 0 Å². The van der Waals surface area contributed by atoms with E-state index in [1.165, 1.54) is 32.4 Å². The second-order valence-corrected chi connectivity index (χ2v) is 5.51. The molecule has 0 radical (unpaired) electrons. The van der Waals surface area contributed by atoms with E-state index in [1.807, 2.05) is 0 Å². The number of aromatic hydroxyl groups is 2. The lowest BCUT2D eigenvalue weighted by molar-refractivity contribution is -0.144. The normalized spacial score (nSPS) is 18.2. The number of hydrogen-bond acceptors (Lipinski definition) is 7. The molecule has 0 aliphatic carbocycles. The van der Waals surface area contributed by atoms with Crippen molar-refractivity contribution >= 4 is 12.3 Å². The van der Waals surface area contributed by atoms with Crippen molar-refractivity contribution < 1.29 is 34.0 Å². The number of hydrogen-bond donors (Lipinski definition) is 2. The summed E-state index contributed by atoms with van der Waals surface area (Å²) in [5, 5.41) is 19.3. The highest BCUT2D eigenvalue weighted by molar-refractivity contribution is 5.89. The van der Waals surface area contributed by atoms with Crippen LogP contribution in [0.15, 0.2) is 30.3 Å². The number of carbonyl (C=O) groups is 2. The fourth-order valence-electron chi connectivity index (χ4n) is 2.99. The quantitative estimate of drug-likeness (QED) is 0.498. The third kappa shape index (κ3) is 2.63. The maximum atomic E-state index is 12.4. The molecule has 0 saturated carbocycles. The van der Waals surface area contributed by atoms with E-state index < -0.39 is 18.0 Å². The molecular weight excluding hydrogens is 328 g/mol. The largest absolute Gasteiger partial charge is 0.504 e. The molecule has 130 valence electrons. The SMILES string of the molecule is COC(=O)[C@@H]1c2c(C=O)ccc(OC)c2O[C@H]1c1ccc(O)c(O)c1. The van der Waals surface area contributed by atoms with Crippen LogP contribution in [0.1, 0.15) is 33.5 Å². The molecule has 2 atom stereocenters. The van der Waals surface area contributed by atoms with Gasteiger partial charge in [0.05, 0.1) is 14.2 Å². The molecule has 7 heteroatoms. The predicted octanol–water partition coefficient (Wildman–Crippen LogP) is 2.31. The number of rotatable bonds is 4. The Balaban J connectivity index is 2.19. The number of fused-ring (bicyclic) bond motifs is 1. The highest BCUT2D eigenvalue weighted by Crippen LogP contribution is 2.52. The highest BCUT2D eigenvalue weighted by atomic mass is 16.5. The van der Waals surface area contributed by atoms with Gasteiger partial charge in [-0.05, 0) is 29.8 Å². The van der Waals surface area contributed by atoms with Gasteiger partial charge in [-0.1, -0.05) is 6.07 Å². The minimum absolute atomic E-state index is 0.278. The zero-order valence-electron chi connectivity index (χ0n) is 13.6. The first-order valence-electron chi connectivity index (χ1n) is 7.44. The Morgan fingerprint density at radius 2 is 1.92 bits per heavy atom. The average Bonchev–Trinajstić information content (AvgIpc) is 3.03. The van der Waals surface area contributed by atoms with Crippen molar-refractivity contribution in [2.45, 2.75) is 12.0 Å². The molecule has 0 fully saturated rings. The van der Waals surface area contributed by atoms with E-state index in [0.29, 0.717) is 23.2 Å². The summed E-state index contributed by atoms with van der Waals surface area (Å²) in [5.41, 5.74) is 1.11. The third-order valence-electron chi connectivity index (χ3n) is 4.18. The van der Waals surface area contributed by atoms with E-state index in [9.17, 15) is 19.8 Å². The average molecular weight is 344 g/mol. The van der Waals surface area contributed by atoms with E-state index in [4.69, 9.17) is 14.2 Å². The maximum Gasteiger partial charge on any atom is 0.317 e. The van der Waals surface area contributed by atoms with Crippen LogP contribution < -0.4 is 9.47 Å². The van der Waals surface area contributed by atoms with Crippen LogP contribution in [0.4, 0.5) is 0 Å². The first-order chi connectivity index (χ1) is 12.0. The minimum atomic E-state index is -0.917. The van der Waals surface area contributed by atoms with Crippen molar-refractivity contribution in [1.29, 1.82) is 0 Å². The molecule has 1 heterocycles. The lowest BCUT2D eigenvalue weighted by Crippen LogP contribution is -2.20. The van der Waals surface area contributed by atoms with E-state index in [1.54, 1.807) is 12.1 Å². The van der Waals surface area contributed by atoms with Crippen molar-refractivity contribution in [2.75, 3.05) is 14.2 Å². The van der Waals surface area contributed by atoms with Crippen molar-refractivity contribution in [3.05, 3.63) is 47.0 Å². The Kier molecular flexibility index (Phi) is 4.22. The van der Waals surface area contributed by atoms with E-state index in [0.717, 1.165) is 0 Å². The number of methoxy groups -OCH3 is 2. The molecule has 1 aliphatic heterocycles. The third-order valence-corrected chi connectivity index (χ3v) is 4.18. The number of phenols is 2. The van der Waals surface area contributed by atoms with Crippen molar-refractivity contribution in [1.82, 2.24) is 0 Å². The molecule has 0 saturated heterocycles. The summed E-state index contributed by atoms with van der Waals surface area (Å²) in [6, 6.07) is 7.24. The molecule has 3 rings (SSSR count). The summed E-state index contributed by atoms with van der Waals surface area (Å²) >= 11 is 0. The van der Waals surface area contributed by atoms with E-state index in [-0.39, 0.29) is 22.8 Å². The lowest BCUT2D eigenvalue weighted by atomic mass is 9.88. The first-order valence-corrected chi connectivity index (χ1v) is 7.44. The Morgan fingerprint density at radius 3 is 2.52 bits per heavy atom. The van der Waals surface area contributed by atoms with E-state index in [2.05, 4.69) is 0 Å². The summed E-state index contributed by atoms with van der Waals surface area (Å²) in [7, 11) is 2.69.